The van der Waals surface area contributed by atoms with Crippen molar-refractivity contribution in [2.45, 2.75) is 19.8 Å². The summed E-state index contributed by atoms with van der Waals surface area (Å²) in [7, 11) is 1.27. The lowest BCUT2D eigenvalue weighted by molar-refractivity contribution is 0.0595. The molecular weight excluding hydrogens is 272 g/mol. The Morgan fingerprint density at radius 3 is 2.67 bits per heavy atom. The third-order valence-corrected chi connectivity index (χ3v) is 2.93. The molecule has 21 heavy (non-hydrogen) atoms. The van der Waals surface area contributed by atoms with E-state index in [1.807, 2.05) is 12.1 Å². The zero-order valence-electron chi connectivity index (χ0n) is 12.1. The maximum atomic E-state index is 11.4. The number of nitrogens with zero attached hydrogens (tertiary/aromatic N) is 3. The van der Waals surface area contributed by atoms with E-state index in [1.54, 1.807) is 12.1 Å². The summed E-state index contributed by atoms with van der Waals surface area (Å²) in [6.07, 6.45) is 2.10. The van der Waals surface area contributed by atoms with Gasteiger partial charge in [0.1, 0.15) is 5.75 Å². The van der Waals surface area contributed by atoms with E-state index in [-0.39, 0.29) is 11.5 Å². The molecule has 7 heteroatoms. The van der Waals surface area contributed by atoms with Gasteiger partial charge in [0.15, 0.2) is 5.82 Å². The number of rotatable bonds is 6. The first kappa shape index (κ1) is 14.8. The van der Waals surface area contributed by atoms with Gasteiger partial charge < -0.3 is 15.2 Å². The van der Waals surface area contributed by atoms with Gasteiger partial charge in [-0.3, -0.25) is 0 Å². The van der Waals surface area contributed by atoms with Gasteiger partial charge in [-0.2, -0.15) is 4.68 Å². The van der Waals surface area contributed by atoms with Crippen LogP contribution in [0.1, 0.15) is 30.3 Å². The number of unbranched alkanes of at least 4 members (excludes halogenated alkanes) is 1. The molecule has 0 fully saturated rings. The van der Waals surface area contributed by atoms with Gasteiger partial charge in [0.25, 0.3) is 0 Å². The average molecular weight is 290 g/mol. The smallest absolute Gasteiger partial charge is 0.362 e. The molecule has 1 aromatic heterocycles. The summed E-state index contributed by atoms with van der Waals surface area (Å²) in [5.41, 5.74) is 6.55. The number of carbonyl (C=O) groups excluding carboxylic acids is 1. The number of anilines is 1. The highest BCUT2D eigenvalue weighted by molar-refractivity contribution is 5.92. The van der Waals surface area contributed by atoms with Crippen LogP contribution in [0.4, 0.5) is 5.82 Å². The summed E-state index contributed by atoms with van der Waals surface area (Å²) in [5, 5.41) is 7.59. The molecule has 0 amide bonds. The normalized spacial score (nSPS) is 10.4. The molecule has 112 valence electrons. The molecule has 0 radical (unpaired) electrons. The minimum absolute atomic E-state index is 0.000715. The van der Waals surface area contributed by atoms with Crippen LogP contribution in [-0.4, -0.2) is 34.7 Å². The van der Waals surface area contributed by atoms with E-state index in [0.29, 0.717) is 12.3 Å². The van der Waals surface area contributed by atoms with Crippen molar-refractivity contribution in [3.05, 3.63) is 30.0 Å². The minimum Gasteiger partial charge on any atom is -0.494 e. The number of hydrogen-bond donors (Lipinski definition) is 1. The predicted octanol–water partition coefficient (Wildman–Crippen LogP) is 1.81. The molecule has 0 bridgehead atoms. The Labute approximate surface area is 122 Å². The Morgan fingerprint density at radius 2 is 2.05 bits per heavy atom. The van der Waals surface area contributed by atoms with Crippen LogP contribution in [0.15, 0.2) is 24.3 Å². The summed E-state index contributed by atoms with van der Waals surface area (Å²) in [5.74, 6) is 0.304. The van der Waals surface area contributed by atoms with Crippen LogP contribution in [-0.2, 0) is 4.74 Å². The van der Waals surface area contributed by atoms with E-state index in [0.717, 1.165) is 18.6 Å². The molecule has 7 nitrogen and oxygen atoms in total. The molecule has 0 spiro atoms. The van der Waals surface area contributed by atoms with Gasteiger partial charge in [0, 0.05) is 0 Å². The molecule has 1 aromatic carbocycles. The molecule has 1 heterocycles. The van der Waals surface area contributed by atoms with Crippen LogP contribution in [0, 0.1) is 0 Å². The fraction of sp³-hybridized carbons (Fsp3) is 0.357. The molecule has 0 aliphatic rings. The number of ether oxygens (including phenoxy) is 2. The first-order valence-electron chi connectivity index (χ1n) is 6.70. The third-order valence-electron chi connectivity index (χ3n) is 2.93. The molecule has 0 aliphatic carbocycles. The van der Waals surface area contributed by atoms with Crippen molar-refractivity contribution in [2.24, 2.45) is 0 Å². The Kier molecular flexibility index (Phi) is 4.76. The van der Waals surface area contributed by atoms with Crippen molar-refractivity contribution in [2.75, 3.05) is 19.5 Å². The van der Waals surface area contributed by atoms with Crippen LogP contribution >= 0.6 is 0 Å². The van der Waals surface area contributed by atoms with E-state index >= 15 is 0 Å². The molecule has 2 aromatic rings. The highest BCUT2D eigenvalue weighted by atomic mass is 16.5. The zero-order valence-corrected chi connectivity index (χ0v) is 12.1. The predicted molar refractivity (Wildman–Crippen MR) is 77.5 cm³/mol. The number of methoxy groups -OCH3 is 1. The van der Waals surface area contributed by atoms with Crippen LogP contribution < -0.4 is 10.5 Å². The SMILES string of the molecule is CCCCOc1ccc(-n2nnc(C(=O)OC)c2N)cc1. The van der Waals surface area contributed by atoms with Crippen molar-refractivity contribution < 1.29 is 14.3 Å². The van der Waals surface area contributed by atoms with Crippen molar-refractivity contribution >= 4 is 11.8 Å². The van der Waals surface area contributed by atoms with E-state index in [9.17, 15) is 4.79 Å². The van der Waals surface area contributed by atoms with E-state index in [4.69, 9.17) is 10.5 Å². The highest BCUT2D eigenvalue weighted by Gasteiger charge is 2.18. The second-order valence-electron chi connectivity index (χ2n) is 4.42. The first-order chi connectivity index (χ1) is 10.2. The topological polar surface area (TPSA) is 92.3 Å². The molecule has 2 N–H and O–H groups in total. The number of aromatic nitrogens is 3. The van der Waals surface area contributed by atoms with E-state index < -0.39 is 5.97 Å². The molecule has 0 saturated heterocycles. The largest absolute Gasteiger partial charge is 0.494 e. The summed E-state index contributed by atoms with van der Waals surface area (Å²) in [4.78, 5) is 11.4. The standard InChI is InChI=1S/C14H18N4O3/c1-3-4-9-21-11-7-5-10(6-8-11)18-13(15)12(16-17-18)14(19)20-2/h5-8H,3-4,9,15H2,1-2H3. The highest BCUT2D eigenvalue weighted by Crippen LogP contribution is 2.19. The van der Waals surface area contributed by atoms with Gasteiger partial charge in [-0.05, 0) is 30.7 Å². The summed E-state index contributed by atoms with van der Waals surface area (Å²) >= 11 is 0. The Balaban J connectivity index is 2.15. The summed E-state index contributed by atoms with van der Waals surface area (Å²) < 4.78 is 11.5. The molecule has 0 saturated carbocycles. The van der Waals surface area contributed by atoms with Crippen molar-refractivity contribution in [1.29, 1.82) is 0 Å². The van der Waals surface area contributed by atoms with Crippen molar-refractivity contribution in [3.63, 3.8) is 0 Å². The Bertz CT molecular complexity index is 607. The molecule has 2 rings (SSSR count). The Hall–Kier alpha value is -2.57. The number of nitrogens with two attached hydrogens (primary N) is 1. The first-order valence-corrected chi connectivity index (χ1v) is 6.70. The number of hydrogen-bond acceptors (Lipinski definition) is 6. The van der Waals surface area contributed by atoms with E-state index in [1.165, 1.54) is 11.8 Å². The zero-order chi connectivity index (χ0) is 15.2. The molecule has 0 atom stereocenters. The van der Waals surface area contributed by atoms with Crippen molar-refractivity contribution in [3.8, 4) is 11.4 Å². The van der Waals surface area contributed by atoms with Gasteiger partial charge in [0.2, 0.25) is 5.69 Å². The van der Waals surface area contributed by atoms with Gasteiger partial charge in [-0.25, -0.2) is 4.79 Å². The molecule has 0 aliphatic heterocycles. The number of benzene rings is 1. The van der Waals surface area contributed by atoms with Gasteiger partial charge in [-0.1, -0.05) is 18.6 Å². The van der Waals surface area contributed by atoms with Gasteiger partial charge in [-0.15, -0.1) is 5.10 Å². The minimum atomic E-state index is -0.613. The van der Waals surface area contributed by atoms with Gasteiger partial charge >= 0.3 is 5.97 Å². The number of esters is 1. The second-order valence-corrected chi connectivity index (χ2v) is 4.42. The maximum absolute atomic E-state index is 11.4. The lowest BCUT2D eigenvalue weighted by Crippen LogP contribution is -2.07. The summed E-state index contributed by atoms with van der Waals surface area (Å²) in [6, 6.07) is 7.24. The van der Waals surface area contributed by atoms with Crippen LogP contribution in [0.5, 0.6) is 5.75 Å². The maximum Gasteiger partial charge on any atom is 0.362 e. The lowest BCUT2D eigenvalue weighted by atomic mass is 10.3. The fourth-order valence-corrected chi connectivity index (χ4v) is 1.74. The van der Waals surface area contributed by atoms with Crippen molar-refractivity contribution in [1.82, 2.24) is 15.0 Å². The lowest BCUT2D eigenvalue weighted by Gasteiger charge is -2.07. The van der Waals surface area contributed by atoms with Gasteiger partial charge in [0.05, 0.1) is 19.4 Å². The second kappa shape index (κ2) is 6.74. The Morgan fingerprint density at radius 1 is 1.33 bits per heavy atom. The average Bonchev–Trinajstić information content (AvgIpc) is 2.89. The van der Waals surface area contributed by atoms with Crippen LogP contribution in [0.2, 0.25) is 0 Å². The fourth-order valence-electron chi connectivity index (χ4n) is 1.74. The monoisotopic (exact) mass is 290 g/mol. The quantitative estimate of drug-likeness (QED) is 0.644. The van der Waals surface area contributed by atoms with E-state index in [2.05, 4.69) is 22.0 Å². The number of nitrogen functional groups attached to an aromatic ring is 1. The number of carbonyl (C=O) groups is 1. The van der Waals surface area contributed by atoms with Crippen LogP contribution in [0.3, 0.4) is 0 Å². The summed E-state index contributed by atoms with van der Waals surface area (Å²) in [6.45, 7) is 2.80. The van der Waals surface area contributed by atoms with Crippen LogP contribution in [0.25, 0.3) is 5.69 Å². The third kappa shape index (κ3) is 3.31. The molecule has 0 unspecified atom stereocenters. The molecular formula is C14H18N4O3.